The van der Waals surface area contributed by atoms with Gasteiger partial charge < -0.3 is 24.4 Å². The number of carbonyl (C=O) groups is 1. The summed E-state index contributed by atoms with van der Waals surface area (Å²) in [5, 5.41) is 25.6. The van der Waals surface area contributed by atoms with Crippen molar-refractivity contribution < 1.29 is 29.2 Å². The van der Waals surface area contributed by atoms with Crippen LogP contribution in [-0.4, -0.2) is 52.2 Å². The van der Waals surface area contributed by atoms with Crippen molar-refractivity contribution in [3.8, 4) is 11.5 Å². The predicted octanol–water partition coefficient (Wildman–Crippen LogP) is 4.27. The van der Waals surface area contributed by atoms with Gasteiger partial charge in [0.25, 0.3) is 0 Å². The van der Waals surface area contributed by atoms with Gasteiger partial charge >= 0.3 is 5.97 Å². The second kappa shape index (κ2) is 10.0. The van der Waals surface area contributed by atoms with E-state index in [1.54, 1.807) is 13.2 Å². The van der Waals surface area contributed by atoms with Crippen LogP contribution in [0.5, 0.6) is 11.5 Å². The second-order valence-corrected chi connectivity index (χ2v) is 8.97. The van der Waals surface area contributed by atoms with Crippen molar-refractivity contribution >= 4 is 11.5 Å². The largest absolute Gasteiger partial charge is 0.497 e. The Labute approximate surface area is 199 Å². The summed E-state index contributed by atoms with van der Waals surface area (Å²) in [5.74, 6) is 0.0578. The number of methoxy groups -OCH3 is 2. The average molecular weight is 469 g/mol. The number of carboxylic acid groups (broad SMARTS) is 1. The number of aliphatic hydroxyl groups excluding tert-OH is 1. The first-order chi connectivity index (χ1) is 16.3. The molecular formula is C26H32N2O6. The van der Waals surface area contributed by atoms with Crippen LogP contribution in [0.1, 0.15) is 64.7 Å². The number of aromatic nitrogens is 2. The first kappa shape index (κ1) is 24.0. The van der Waals surface area contributed by atoms with Gasteiger partial charge in [0.05, 0.1) is 37.6 Å². The molecule has 1 aromatic carbocycles. The molecule has 0 amide bonds. The maximum Gasteiger partial charge on any atom is 0.354 e. The van der Waals surface area contributed by atoms with Crippen molar-refractivity contribution in [2.45, 2.75) is 64.3 Å². The molecule has 34 heavy (non-hydrogen) atoms. The molecule has 2 heterocycles. The molecular weight excluding hydrogens is 436 g/mol. The zero-order valence-corrected chi connectivity index (χ0v) is 20.1. The Balaban J connectivity index is 1.70. The van der Waals surface area contributed by atoms with Gasteiger partial charge in [-0.1, -0.05) is 18.9 Å². The highest BCUT2D eigenvalue weighted by Crippen LogP contribution is 2.33. The molecule has 1 aliphatic carbocycles. The number of benzene rings is 1. The first-order valence-electron chi connectivity index (χ1n) is 11.6. The zero-order valence-electron chi connectivity index (χ0n) is 20.1. The van der Waals surface area contributed by atoms with Gasteiger partial charge in [-0.3, -0.25) is 0 Å². The molecule has 0 bridgehead atoms. The Bertz CT molecular complexity index is 1180. The molecule has 1 aliphatic rings. The number of fused-ring (bicyclic) bond motifs is 1. The van der Waals surface area contributed by atoms with E-state index in [1.165, 1.54) is 17.7 Å². The average Bonchev–Trinajstić information content (AvgIpc) is 3.46. The highest BCUT2D eigenvalue weighted by Gasteiger charge is 2.30. The number of carboxylic acids is 1. The minimum Gasteiger partial charge on any atom is -0.497 e. The first-order valence-corrected chi connectivity index (χ1v) is 11.6. The van der Waals surface area contributed by atoms with Crippen LogP contribution in [0.3, 0.4) is 0 Å². The van der Waals surface area contributed by atoms with E-state index in [1.807, 2.05) is 32.0 Å². The fraction of sp³-hybridized carbons (Fsp3) is 0.462. The van der Waals surface area contributed by atoms with E-state index in [2.05, 4.69) is 5.10 Å². The lowest BCUT2D eigenvalue weighted by Gasteiger charge is -2.28. The van der Waals surface area contributed by atoms with E-state index in [9.17, 15) is 15.0 Å². The third-order valence-corrected chi connectivity index (χ3v) is 6.57. The summed E-state index contributed by atoms with van der Waals surface area (Å²) in [7, 11) is 3.11. The molecule has 8 nitrogen and oxygen atoms in total. The van der Waals surface area contributed by atoms with Crippen LogP contribution in [-0.2, 0) is 11.2 Å². The smallest absolute Gasteiger partial charge is 0.354 e. The van der Waals surface area contributed by atoms with Gasteiger partial charge in [-0.25, -0.2) is 9.31 Å². The summed E-state index contributed by atoms with van der Waals surface area (Å²) in [6.07, 6.45) is 3.12. The second-order valence-electron chi connectivity index (χ2n) is 8.97. The van der Waals surface area contributed by atoms with Gasteiger partial charge in [0.15, 0.2) is 5.69 Å². The van der Waals surface area contributed by atoms with Crippen LogP contribution >= 0.6 is 0 Å². The van der Waals surface area contributed by atoms with Gasteiger partial charge in [0.1, 0.15) is 17.6 Å². The number of aryl methyl sites for hydroxylation is 2. The number of aromatic carboxylic acids is 1. The van der Waals surface area contributed by atoms with Crippen LogP contribution in [0.4, 0.5) is 0 Å². The molecule has 0 unspecified atom stereocenters. The molecule has 2 aromatic heterocycles. The predicted molar refractivity (Wildman–Crippen MR) is 127 cm³/mol. The van der Waals surface area contributed by atoms with E-state index in [-0.39, 0.29) is 11.8 Å². The highest BCUT2D eigenvalue weighted by molar-refractivity contribution is 5.87. The Kier molecular flexibility index (Phi) is 7.09. The minimum atomic E-state index is -1.10. The lowest BCUT2D eigenvalue weighted by Crippen LogP contribution is -2.29. The molecule has 8 heteroatoms. The number of hydrogen-bond acceptors (Lipinski definition) is 6. The van der Waals surface area contributed by atoms with Crippen molar-refractivity contribution in [1.82, 2.24) is 9.61 Å². The SMILES string of the molecule is COc1cc(C(=O)O)n2nc(C[C@H](OC3CCCC3)[C@H](O)c3cc(OC)c(C)cc3C)cc2c1. The normalized spacial score (nSPS) is 16.0. The molecule has 3 aromatic rings. The monoisotopic (exact) mass is 468 g/mol. The number of hydrogen-bond donors (Lipinski definition) is 2. The maximum atomic E-state index is 11.8. The summed E-state index contributed by atoms with van der Waals surface area (Å²) in [6, 6.07) is 8.86. The summed E-state index contributed by atoms with van der Waals surface area (Å²) >= 11 is 0. The summed E-state index contributed by atoms with van der Waals surface area (Å²) < 4.78 is 18.6. The Morgan fingerprint density at radius 1 is 1.09 bits per heavy atom. The van der Waals surface area contributed by atoms with Gasteiger partial charge in [-0.15, -0.1) is 0 Å². The fourth-order valence-corrected chi connectivity index (χ4v) is 4.79. The minimum absolute atomic E-state index is 0.00789. The summed E-state index contributed by atoms with van der Waals surface area (Å²) in [4.78, 5) is 11.8. The molecule has 0 radical (unpaired) electrons. The number of nitrogens with zero attached hydrogens (tertiary/aromatic N) is 2. The third-order valence-electron chi connectivity index (χ3n) is 6.57. The van der Waals surface area contributed by atoms with Crippen LogP contribution in [0.2, 0.25) is 0 Å². The lowest BCUT2D eigenvalue weighted by atomic mass is 9.94. The molecule has 4 rings (SSSR count). The molecule has 0 spiro atoms. The number of rotatable bonds is 9. The molecule has 2 atom stereocenters. The van der Waals surface area contributed by atoms with Crippen molar-refractivity contribution in [1.29, 1.82) is 0 Å². The van der Waals surface area contributed by atoms with E-state index >= 15 is 0 Å². The molecule has 182 valence electrons. The number of pyridine rings is 1. The van der Waals surface area contributed by atoms with Crippen molar-refractivity contribution in [2.24, 2.45) is 0 Å². The standard InChI is InChI=1S/C26H32N2O6/c1-15-9-16(2)23(33-4)14-21(15)25(29)24(34-19-7-5-6-8-19)11-17-10-18-12-20(32-3)13-22(26(30)31)28(18)27-17/h9-10,12-14,19,24-25,29H,5-8,11H2,1-4H3,(H,30,31)/t24-,25+/m0/s1. The molecule has 0 saturated heterocycles. The molecule has 2 N–H and O–H groups in total. The van der Waals surface area contributed by atoms with Crippen molar-refractivity contribution in [2.75, 3.05) is 14.2 Å². The van der Waals surface area contributed by atoms with Crippen LogP contribution < -0.4 is 9.47 Å². The topological polar surface area (TPSA) is 103 Å². The van der Waals surface area contributed by atoms with Gasteiger partial charge in [0.2, 0.25) is 0 Å². The summed E-state index contributed by atoms with van der Waals surface area (Å²) in [6.45, 7) is 3.94. The molecule has 0 aliphatic heterocycles. The third kappa shape index (κ3) is 4.88. The Hall–Kier alpha value is -3.10. The van der Waals surface area contributed by atoms with E-state index in [4.69, 9.17) is 14.2 Å². The van der Waals surface area contributed by atoms with E-state index < -0.39 is 18.2 Å². The summed E-state index contributed by atoms with van der Waals surface area (Å²) in [5.41, 5.74) is 3.96. The fourth-order valence-electron chi connectivity index (χ4n) is 4.79. The molecule has 1 saturated carbocycles. The highest BCUT2D eigenvalue weighted by atomic mass is 16.5. The van der Waals surface area contributed by atoms with Crippen LogP contribution in [0, 0.1) is 13.8 Å². The van der Waals surface area contributed by atoms with Gasteiger partial charge in [-0.05, 0) is 55.5 Å². The zero-order chi connectivity index (χ0) is 24.4. The number of ether oxygens (including phenoxy) is 3. The van der Waals surface area contributed by atoms with Crippen molar-refractivity contribution in [3.63, 3.8) is 0 Å². The number of aliphatic hydroxyl groups is 1. The Morgan fingerprint density at radius 3 is 2.47 bits per heavy atom. The van der Waals surface area contributed by atoms with Gasteiger partial charge in [-0.2, -0.15) is 5.10 Å². The Morgan fingerprint density at radius 2 is 1.82 bits per heavy atom. The van der Waals surface area contributed by atoms with E-state index in [0.29, 0.717) is 29.1 Å². The van der Waals surface area contributed by atoms with Crippen molar-refractivity contribution in [3.05, 3.63) is 58.4 Å². The van der Waals surface area contributed by atoms with Crippen LogP contribution in [0.25, 0.3) is 5.52 Å². The van der Waals surface area contributed by atoms with Gasteiger partial charge in [0, 0.05) is 18.6 Å². The van der Waals surface area contributed by atoms with Crippen LogP contribution in [0.15, 0.2) is 30.3 Å². The quantitative estimate of drug-likeness (QED) is 0.483. The lowest BCUT2D eigenvalue weighted by molar-refractivity contribution is -0.0759. The molecule has 1 fully saturated rings. The maximum absolute atomic E-state index is 11.8. The van der Waals surface area contributed by atoms with E-state index in [0.717, 1.165) is 42.4 Å².